The first-order valence-electron chi connectivity index (χ1n) is 6.66. The molecule has 0 saturated heterocycles. The van der Waals surface area contributed by atoms with Gasteiger partial charge in [0, 0.05) is 23.4 Å². The molecule has 0 saturated carbocycles. The highest BCUT2D eigenvalue weighted by Crippen LogP contribution is 2.33. The molecule has 0 fully saturated rings. The molecule has 0 amide bonds. The Morgan fingerprint density at radius 3 is 2.42 bits per heavy atom. The zero-order valence-corrected chi connectivity index (χ0v) is 13.2. The number of hydrogen-bond acceptors (Lipinski definition) is 2. The lowest BCUT2D eigenvalue weighted by Gasteiger charge is -2.24. The van der Waals surface area contributed by atoms with Crippen LogP contribution in [0.15, 0.2) is 18.2 Å². The van der Waals surface area contributed by atoms with E-state index < -0.39 is 0 Å². The maximum atomic E-state index is 11.9. The number of hydrogen-bond donors (Lipinski definition) is 0. The van der Waals surface area contributed by atoms with Crippen molar-refractivity contribution >= 4 is 17.4 Å². The van der Waals surface area contributed by atoms with Gasteiger partial charge in [0.25, 0.3) is 0 Å². The molecule has 19 heavy (non-hydrogen) atoms. The summed E-state index contributed by atoms with van der Waals surface area (Å²) in [7, 11) is 0. The second kappa shape index (κ2) is 6.42. The van der Waals surface area contributed by atoms with E-state index in [0.29, 0.717) is 17.9 Å². The highest BCUT2D eigenvalue weighted by molar-refractivity contribution is 6.19. The molecule has 3 heteroatoms. The summed E-state index contributed by atoms with van der Waals surface area (Å²) >= 11 is 5.63. The summed E-state index contributed by atoms with van der Waals surface area (Å²) in [6, 6.07) is 5.65. The lowest BCUT2D eigenvalue weighted by atomic mass is 9.85. The van der Waals surface area contributed by atoms with Crippen molar-refractivity contribution in [2.75, 3.05) is 5.88 Å². The highest BCUT2D eigenvalue weighted by Gasteiger charge is 2.21. The first kappa shape index (κ1) is 16.0. The molecular weight excluding hydrogens is 260 g/mol. The molecule has 0 unspecified atom stereocenters. The van der Waals surface area contributed by atoms with Gasteiger partial charge in [0.2, 0.25) is 0 Å². The third-order valence-corrected chi connectivity index (χ3v) is 2.98. The summed E-state index contributed by atoms with van der Waals surface area (Å²) in [5.41, 5.74) is 1.70. The van der Waals surface area contributed by atoms with E-state index in [4.69, 9.17) is 16.3 Å². The Labute approximate surface area is 121 Å². The normalized spacial score (nSPS) is 11.7. The average molecular weight is 283 g/mol. The summed E-state index contributed by atoms with van der Waals surface area (Å²) < 4.78 is 5.83. The van der Waals surface area contributed by atoms with Gasteiger partial charge in [0.15, 0.2) is 5.78 Å². The third kappa shape index (κ3) is 4.54. The van der Waals surface area contributed by atoms with Crippen molar-refractivity contribution in [3.8, 4) is 5.75 Å². The van der Waals surface area contributed by atoms with Crippen LogP contribution in [-0.2, 0) is 5.41 Å². The van der Waals surface area contributed by atoms with Crippen molar-refractivity contribution in [1.82, 2.24) is 0 Å². The molecule has 0 aliphatic rings. The molecule has 1 aromatic carbocycles. The fourth-order valence-corrected chi connectivity index (χ4v) is 2.05. The molecule has 0 aromatic heterocycles. The van der Waals surface area contributed by atoms with Crippen LogP contribution in [0, 0.1) is 0 Å². The Balaban J connectivity index is 3.19. The maximum absolute atomic E-state index is 11.9. The van der Waals surface area contributed by atoms with E-state index in [9.17, 15) is 4.79 Å². The van der Waals surface area contributed by atoms with E-state index in [1.807, 2.05) is 32.0 Å². The predicted molar refractivity (Wildman–Crippen MR) is 80.6 cm³/mol. The van der Waals surface area contributed by atoms with Gasteiger partial charge in [0.1, 0.15) is 5.75 Å². The number of carbonyl (C=O) groups excluding carboxylic acids is 1. The molecule has 0 aliphatic heterocycles. The quantitative estimate of drug-likeness (QED) is 0.583. The maximum Gasteiger partial charge on any atom is 0.164 e. The van der Waals surface area contributed by atoms with Gasteiger partial charge in [-0.05, 0) is 37.5 Å². The van der Waals surface area contributed by atoms with Crippen LogP contribution in [0.1, 0.15) is 57.0 Å². The van der Waals surface area contributed by atoms with E-state index in [1.165, 1.54) is 0 Å². The van der Waals surface area contributed by atoms with Crippen LogP contribution in [0.3, 0.4) is 0 Å². The zero-order valence-electron chi connectivity index (χ0n) is 12.4. The fourth-order valence-electron chi connectivity index (χ4n) is 1.88. The van der Waals surface area contributed by atoms with Crippen molar-refractivity contribution in [3.05, 3.63) is 29.3 Å². The average Bonchev–Trinajstić information content (AvgIpc) is 2.27. The number of ketones is 1. The van der Waals surface area contributed by atoms with E-state index in [0.717, 1.165) is 11.3 Å². The summed E-state index contributed by atoms with van der Waals surface area (Å²) in [5, 5.41) is 0. The standard InChI is InChI=1S/C16H23ClO2/c1-11(2)19-15-7-6-12(14(18)8-9-17)10-13(15)16(3,4)5/h6-7,10-11H,8-9H2,1-5H3. The van der Waals surface area contributed by atoms with Gasteiger partial charge in [-0.2, -0.15) is 0 Å². The third-order valence-electron chi connectivity index (χ3n) is 2.79. The Morgan fingerprint density at radius 2 is 1.95 bits per heavy atom. The van der Waals surface area contributed by atoms with Crippen LogP contribution in [0.4, 0.5) is 0 Å². The van der Waals surface area contributed by atoms with Crippen molar-refractivity contribution in [2.45, 2.75) is 52.6 Å². The molecule has 0 spiro atoms. The van der Waals surface area contributed by atoms with Gasteiger partial charge in [-0.3, -0.25) is 4.79 Å². The Hall–Kier alpha value is -1.02. The van der Waals surface area contributed by atoms with Crippen molar-refractivity contribution in [2.24, 2.45) is 0 Å². The molecule has 0 bridgehead atoms. The largest absolute Gasteiger partial charge is 0.491 e. The van der Waals surface area contributed by atoms with E-state index in [1.54, 1.807) is 0 Å². The minimum atomic E-state index is -0.0680. The van der Waals surface area contributed by atoms with Gasteiger partial charge < -0.3 is 4.74 Å². The highest BCUT2D eigenvalue weighted by atomic mass is 35.5. The molecule has 0 atom stereocenters. The van der Waals surface area contributed by atoms with Crippen molar-refractivity contribution < 1.29 is 9.53 Å². The number of carbonyl (C=O) groups is 1. The summed E-state index contributed by atoms with van der Waals surface area (Å²) in [4.78, 5) is 11.9. The Kier molecular flexibility index (Phi) is 5.42. The topological polar surface area (TPSA) is 26.3 Å². The van der Waals surface area contributed by atoms with Crippen LogP contribution in [0.25, 0.3) is 0 Å². The molecule has 2 nitrogen and oxygen atoms in total. The fraction of sp³-hybridized carbons (Fsp3) is 0.562. The number of benzene rings is 1. The minimum Gasteiger partial charge on any atom is -0.491 e. The van der Waals surface area contributed by atoms with Crippen LogP contribution >= 0.6 is 11.6 Å². The smallest absolute Gasteiger partial charge is 0.164 e. The van der Waals surface area contributed by atoms with E-state index >= 15 is 0 Å². The lowest BCUT2D eigenvalue weighted by molar-refractivity contribution is 0.0989. The molecule has 0 aliphatic carbocycles. The summed E-state index contributed by atoms with van der Waals surface area (Å²) in [6.07, 6.45) is 0.487. The van der Waals surface area contributed by atoms with Crippen LogP contribution in [0.2, 0.25) is 0 Å². The minimum absolute atomic E-state index is 0.0680. The zero-order chi connectivity index (χ0) is 14.6. The molecule has 106 valence electrons. The van der Waals surface area contributed by atoms with Gasteiger partial charge >= 0.3 is 0 Å². The van der Waals surface area contributed by atoms with Crippen LogP contribution < -0.4 is 4.74 Å². The van der Waals surface area contributed by atoms with E-state index in [-0.39, 0.29) is 17.3 Å². The van der Waals surface area contributed by atoms with Crippen molar-refractivity contribution in [1.29, 1.82) is 0 Å². The molecule has 0 heterocycles. The lowest BCUT2D eigenvalue weighted by Crippen LogP contribution is -2.17. The second-order valence-corrected chi connectivity index (χ2v) is 6.37. The van der Waals surface area contributed by atoms with Gasteiger partial charge in [-0.15, -0.1) is 11.6 Å². The van der Waals surface area contributed by atoms with Gasteiger partial charge in [-0.1, -0.05) is 20.8 Å². The number of alkyl halides is 1. The van der Waals surface area contributed by atoms with E-state index in [2.05, 4.69) is 20.8 Å². The molecule has 1 aromatic rings. The molecule has 0 radical (unpaired) electrons. The number of ether oxygens (including phenoxy) is 1. The van der Waals surface area contributed by atoms with Crippen LogP contribution in [-0.4, -0.2) is 17.8 Å². The monoisotopic (exact) mass is 282 g/mol. The molecule has 1 rings (SSSR count). The Morgan fingerprint density at radius 1 is 1.32 bits per heavy atom. The second-order valence-electron chi connectivity index (χ2n) is 5.99. The first-order valence-corrected chi connectivity index (χ1v) is 7.19. The summed E-state index contributed by atoms with van der Waals surface area (Å²) in [6.45, 7) is 10.3. The van der Waals surface area contributed by atoms with Gasteiger partial charge in [0.05, 0.1) is 6.10 Å². The molecular formula is C16H23ClO2. The number of halogens is 1. The number of rotatable bonds is 5. The Bertz CT molecular complexity index is 445. The first-order chi connectivity index (χ1) is 8.75. The number of Topliss-reactive ketones (excluding diaryl/α,β-unsaturated/α-hetero) is 1. The molecule has 0 N–H and O–H groups in total. The predicted octanol–water partition coefficient (Wildman–Crippen LogP) is 4.58. The van der Waals surface area contributed by atoms with Gasteiger partial charge in [-0.25, -0.2) is 0 Å². The SMILES string of the molecule is CC(C)Oc1ccc(C(=O)CCCl)cc1C(C)(C)C. The van der Waals surface area contributed by atoms with Crippen LogP contribution in [0.5, 0.6) is 5.75 Å². The summed E-state index contributed by atoms with van der Waals surface area (Å²) in [5.74, 6) is 1.29. The van der Waals surface area contributed by atoms with Crippen molar-refractivity contribution in [3.63, 3.8) is 0 Å².